The van der Waals surface area contributed by atoms with Crippen LogP contribution >= 0.6 is 0 Å². The zero-order chi connectivity index (χ0) is 24.7. The van der Waals surface area contributed by atoms with Crippen LogP contribution in [-0.4, -0.2) is 117 Å². The van der Waals surface area contributed by atoms with Crippen molar-refractivity contribution >= 4 is 0 Å². The predicted octanol–water partition coefficient (Wildman–Crippen LogP) is -1.23. The zero-order valence-corrected chi connectivity index (χ0v) is 19.6. The molecule has 4 unspecified atom stereocenters. The van der Waals surface area contributed by atoms with Gasteiger partial charge < -0.3 is 54.7 Å². The molecule has 0 spiro atoms. The van der Waals surface area contributed by atoms with E-state index >= 15 is 0 Å². The highest BCUT2D eigenvalue weighted by atomic mass is 16.7. The Kier molecular flexibility index (Phi) is 11.4. The first-order valence-electron chi connectivity index (χ1n) is 12.6. The van der Waals surface area contributed by atoms with Gasteiger partial charge in [-0.2, -0.15) is 0 Å². The number of ether oxygens (including phenoxy) is 4. The van der Waals surface area contributed by atoms with Crippen molar-refractivity contribution in [2.45, 2.75) is 119 Å². The highest BCUT2D eigenvalue weighted by Crippen LogP contribution is 2.30. The van der Waals surface area contributed by atoms with Crippen molar-refractivity contribution in [3.8, 4) is 0 Å². The third-order valence-electron chi connectivity index (χ3n) is 7.22. The summed E-state index contributed by atoms with van der Waals surface area (Å²) in [4.78, 5) is 0. The maximum Gasteiger partial charge on any atom is 0.187 e. The van der Waals surface area contributed by atoms with Crippen molar-refractivity contribution in [3.63, 3.8) is 0 Å². The van der Waals surface area contributed by atoms with Crippen molar-refractivity contribution < 1.29 is 54.7 Å². The first kappa shape index (κ1) is 28.1. The van der Waals surface area contributed by atoms with E-state index < -0.39 is 74.6 Å². The van der Waals surface area contributed by atoms with Crippen molar-refractivity contribution in [2.24, 2.45) is 5.92 Å². The van der Waals surface area contributed by atoms with Crippen LogP contribution in [0.2, 0.25) is 0 Å². The molecule has 0 aromatic heterocycles. The van der Waals surface area contributed by atoms with Gasteiger partial charge in [0.1, 0.15) is 48.8 Å². The van der Waals surface area contributed by atoms with E-state index in [9.17, 15) is 35.7 Å². The van der Waals surface area contributed by atoms with E-state index in [0.29, 0.717) is 6.61 Å². The van der Waals surface area contributed by atoms with Gasteiger partial charge in [-0.1, -0.05) is 51.4 Å². The summed E-state index contributed by atoms with van der Waals surface area (Å²) >= 11 is 0. The molecule has 11 nitrogen and oxygen atoms in total. The molecule has 2 saturated heterocycles. The Morgan fingerprint density at radius 3 is 1.97 bits per heavy atom. The molecule has 0 aromatic carbocycles. The molecule has 0 bridgehead atoms. The molecule has 34 heavy (non-hydrogen) atoms. The van der Waals surface area contributed by atoms with Crippen LogP contribution in [0, 0.1) is 5.92 Å². The van der Waals surface area contributed by atoms with E-state index in [1.165, 1.54) is 38.5 Å². The van der Waals surface area contributed by atoms with Crippen LogP contribution < -0.4 is 0 Å². The summed E-state index contributed by atoms with van der Waals surface area (Å²) < 4.78 is 22.1. The summed E-state index contributed by atoms with van der Waals surface area (Å²) in [5.41, 5.74) is 0. The van der Waals surface area contributed by atoms with Crippen LogP contribution in [0.4, 0.5) is 0 Å². The van der Waals surface area contributed by atoms with E-state index in [4.69, 9.17) is 18.9 Å². The number of hydrogen-bond donors (Lipinski definition) is 7. The van der Waals surface area contributed by atoms with Crippen molar-refractivity contribution in [1.82, 2.24) is 0 Å². The Balaban J connectivity index is 1.45. The van der Waals surface area contributed by atoms with Gasteiger partial charge in [0.05, 0.1) is 13.2 Å². The first-order valence-corrected chi connectivity index (χ1v) is 12.6. The molecule has 11 heteroatoms. The molecular weight excluding hydrogens is 452 g/mol. The Labute approximate surface area is 200 Å². The van der Waals surface area contributed by atoms with Gasteiger partial charge in [0.2, 0.25) is 0 Å². The second-order valence-electron chi connectivity index (χ2n) is 9.73. The molecule has 1 saturated carbocycles. The van der Waals surface area contributed by atoms with Gasteiger partial charge in [-0.15, -0.1) is 0 Å². The van der Waals surface area contributed by atoms with Gasteiger partial charge >= 0.3 is 0 Å². The summed E-state index contributed by atoms with van der Waals surface area (Å²) in [5, 5.41) is 70.2. The normalized spacial score (nSPS) is 42.1. The molecule has 2 aliphatic heterocycles. The minimum absolute atomic E-state index is 0.329. The van der Waals surface area contributed by atoms with E-state index in [0.717, 1.165) is 25.2 Å². The second kappa shape index (κ2) is 13.8. The minimum atomic E-state index is -1.69. The van der Waals surface area contributed by atoms with Crippen LogP contribution in [-0.2, 0) is 18.9 Å². The fraction of sp³-hybridized carbons (Fsp3) is 1.00. The van der Waals surface area contributed by atoms with Gasteiger partial charge in [-0.05, 0) is 12.3 Å². The van der Waals surface area contributed by atoms with Crippen LogP contribution in [0.1, 0.15) is 57.8 Å². The summed E-state index contributed by atoms with van der Waals surface area (Å²) in [6.07, 6.45) is -3.49. The average Bonchev–Trinajstić information content (AvgIpc) is 2.85. The average molecular weight is 495 g/mol. The maximum atomic E-state index is 10.6. The molecule has 3 fully saturated rings. The Bertz CT molecular complexity index is 571. The number of hydrogen-bond acceptors (Lipinski definition) is 11. The summed E-state index contributed by atoms with van der Waals surface area (Å²) in [6, 6.07) is 0. The largest absolute Gasteiger partial charge is 0.394 e. The SMILES string of the molecule is OCC1O[C@@H](O[C@H]2C(CO)O[C@@H](OCCCCCC3CCCCC3)C(O)[C@H]2O)C(O)[C@@H](O)[C@H]1O. The second-order valence-corrected chi connectivity index (χ2v) is 9.73. The lowest BCUT2D eigenvalue weighted by atomic mass is 9.86. The molecule has 10 atom stereocenters. The van der Waals surface area contributed by atoms with Crippen molar-refractivity contribution in [3.05, 3.63) is 0 Å². The molecule has 3 rings (SSSR count). The van der Waals surface area contributed by atoms with Gasteiger partial charge in [-0.25, -0.2) is 0 Å². The third kappa shape index (κ3) is 7.07. The van der Waals surface area contributed by atoms with Crippen LogP contribution in [0.25, 0.3) is 0 Å². The molecule has 7 N–H and O–H groups in total. The molecule has 2 heterocycles. The monoisotopic (exact) mass is 494 g/mol. The molecule has 1 aliphatic carbocycles. The smallest absolute Gasteiger partial charge is 0.187 e. The number of aliphatic hydroxyl groups is 7. The quantitative estimate of drug-likeness (QED) is 0.171. The standard InChI is InChI=1S/C23H42O11/c24-11-14-16(26)17(27)19(29)23(32-14)34-21-15(12-25)33-22(20(30)18(21)28)31-10-6-2-5-9-13-7-3-1-4-8-13/h13-30H,1-12H2/t14?,15?,16-,17-,18+,19?,20?,21-,22+,23-/m0/s1. The third-order valence-corrected chi connectivity index (χ3v) is 7.22. The fourth-order valence-electron chi connectivity index (χ4n) is 5.08. The van der Waals surface area contributed by atoms with Gasteiger partial charge in [-0.3, -0.25) is 0 Å². The topological polar surface area (TPSA) is 179 Å². The lowest BCUT2D eigenvalue weighted by Crippen LogP contribution is -2.64. The minimum Gasteiger partial charge on any atom is -0.394 e. The number of unbranched alkanes of at least 4 members (excludes halogenated alkanes) is 2. The number of aliphatic hydroxyl groups excluding tert-OH is 7. The zero-order valence-electron chi connectivity index (χ0n) is 19.6. The van der Waals surface area contributed by atoms with Crippen LogP contribution in [0.5, 0.6) is 0 Å². The first-order chi connectivity index (χ1) is 16.4. The Morgan fingerprint density at radius 2 is 1.29 bits per heavy atom. The van der Waals surface area contributed by atoms with Crippen LogP contribution in [0.3, 0.4) is 0 Å². The van der Waals surface area contributed by atoms with Gasteiger partial charge in [0.15, 0.2) is 12.6 Å². The molecular formula is C23H42O11. The highest BCUT2D eigenvalue weighted by Gasteiger charge is 2.50. The maximum absolute atomic E-state index is 10.6. The summed E-state index contributed by atoms with van der Waals surface area (Å²) in [6.45, 7) is -0.889. The molecule has 0 radical (unpaired) electrons. The lowest BCUT2D eigenvalue weighted by Gasteiger charge is -2.45. The molecule has 0 aromatic rings. The van der Waals surface area contributed by atoms with E-state index in [2.05, 4.69) is 0 Å². The fourth-order valence-corrected chi connectivity index (χ4v) is 5.08. The number of rotatable bonds is 11. The van der Waals surface area contributed by atoms with E-state index in [1.807, 2.05) is 0 Å². The Hall–Kier alpha value is -0.440. The predicted molar refractivity (Wildman–Crippen MR) is 117 cm³/mol. The Morgan fingerprint density at radius 1 is 0.647 bits per heavy atom. The van der Waals surface area contributed by atoms with Crippen molar-refractivity contribution in [1.29, 1.82) is 0 Å². The summed E-state index contributed by atoms with van der Waals surface area (Å²) in [7, 11) is 0. The summed E-state index contributed by atoms with van der Waals surface area (Å²) in [5.74, 6) is 0.833. The van der Waals surface area contributed by atoms with Gasteiger partial charge in [0, 0.05) is 6.61 Å². The van der Waals surface area contributed by atoms with E-state index in [-0.39, 0.29) is 0 Å². The van der Waals surface area contributed by atoms with Crippen LogP contribution in [0.15, 0.2) is 0 Å². The van der Waals surface area contributed by atoms with Crippen molar-refractivity contribution in [2.75, 3.05) is 19.8 Å². The van der Waals surface area contributed by atoms with Gasteiger partial charge in [0.25, 0.3) is 0 Å². The molecule has 200 valence electrons. The highest BCUT2D eigenvalue weighted by molar-refractivity contribution is 4.94. The molecule has 3 aliphatic rings. The lowest BCUT2D eigenvalue weighted by molar-refractivity contribution is -0.359. The van der Waals surface area contributed by atoms with E-state index in [1.54, 1.807) is 0 Å². The molecule has 0 amide bonds.